The van der Waals surface area contributed by atoms with Gasteiger partial charge in [-0.15, -0.1) is 0 Å². The summed E-state index contributed by atoms with van der Waals surface area (Å²) in [4.78, 5) is 35.0. The summed E-state index contributed by atoms with van der Waals surface area (Å²) >= 11 is 0. The molecule has 2 aromatic rings. The molecule has 0 unspecified atom stereocenters. The standard InChI is InChI=1S/C15H15N3O5/c1-9-6-12(18-17-9)16-13(19)8-23-15(21)11-5-3-4-10(7-11)14(20)22-2/h3-7H,8H2,1-2H3,(H2,16,17,18,19). The first-order chi connectivity index (χ1) is 11.0. The van der Waals surface area contributed by atoms with Crippen LogP contribution in [0.25, 0.3) is 0 Å². The first-order valence-corrected chi connectivity index (χ1v) is 6.67. The maximum absolute atomic E-state index is 11.9. The predicted molar refractivity (Wildman–Crippen MR) is 80.0 cm³/mol. The number of rotatable bonds is 5. The van der Waals surface area contributed by atoms with Crippen molar-refractivity contribution in [2.75, 3.05) is 19.0 Å². The Labute approximate surface area is 131 Å². The van der Waals surface area contributed by atoms with E-state index in [9.17, 15) is 14.4 Å². The van der Waals surface area contributed by atoms with Crippen LogP contribution in [0.1, 0.15) is 26.4 Å². The molecule has 0 aliphatic heterocycles. The molecule has 0 fully saturated rings. The monoisotopic (exact) mass is 317 g/mol. The van der Waals surface area contributed by atoms with Gasteiger partial charge in [-0.05, 0) is 25.1 Å². The molecule has 0 atom stereocenters. The Balaban J connectivity index is 1.91. The molecular weight excluding hydrogens is 302 g/mol. The van der Waals surface area contributed by atoms with E-state index < -0.39 is 24.5 Å². The van der Waals surface area contributed by atoms with Crippen LogP contribution in [-0.4, -0.2) is 41.8 Å². The molecule has 1 aromatic heterocycles. The highest BCUT2D eigenvalue weighted by Gasteiger charge is 2.13. The number of nitrogens with one attached hydrogen (secondary N) is 2. The van der Waals surface area contributed by atoms with Crippen LogP contribution in [0, 0.1) is 6.92 Å². The van der Waals surface area contributed by atoms with Crippen LogP contribution in [0.3, 0.4) is 0 Å². The van der Waals surface area contributed by atoms with E-state index in [-0.39, 0.29) is 11.1 Å². The number of aromatic amines is 1. The van der Waals surface area contributed by atoms with E-state index in [0.717, 1.165) is 5.69 Å². The number of methoxy groups -OCH3 is 1. The van der Waals surface area contributed by atoms with Crippen LogP contribution >= 0.6 is 0 Å². The summed E-state index contributed by atoms with van der Waals surface area (Å²) < 4.78 is 9.47. The number of H-pyrrole nitrogens is 1. The average molecular weight is 317 g/mol. The fourth-order valence-electron chi connectivity index (χ4n) is 1.77. The third-order valence-corrected chi connectivity index (χ3v) is 2.83. The number of amides is 1. The molecule has 0 saturated heterocycles. The smallest absolute Gasteiger partial charge is 0.338 e. The zero-order valence-corrected chi connectivity index (χ0v) is 12.6. The van der Waals surface area contributed by atoms with E-state index in [1.54, 1.807) is 13.0 Å². The number of aromatic nitrogens is 2. The Kier molecular flexibility index (Phi) is 5.08. The van der Waals surface area contributed by atoms with Gasteiger partial charge in [0.2, 0.25) is 0 Å². The van der Waals surface area contributed by atoms with Gasteiger partial charge in [-0.1, -0.05) is 6.07 Å². The first kappa shape index (κ1) is 16.2. The van der Waals surface area contributed by atoms with Gasteiger partial charge < -0.3 is 14.8 Å². The van der Waals surface area contributed by atoms with Gasteiger partial charge in [-0.25, -0.2) is 9.59 Å². The van der Waals surface area contributed by atoms with E-state index in [2.05, 4.69) is 20.3 Å². The molecule has 1 heterocycles. The highest BCUT2D eigenvalue weighted by Crippen LogP contribution is 2.08. The van der Waals surface area contributed by atoms with Crippen molar-refractivity contribution < 1.29 is 23.9 Å². The third kappa shape index (κ3) is 4.40. The van der Waals surface area contributed by atoms with Crippen LogP contribution in [0.15, 0.2) is 30.3 Å². The van der Waals surface area contributed by atoms with Crippen molar-refractivity contribution in [1.29, 1.82) is 0 Å². The fourth-order valence-corrected chi connectivity index (χ4v) is 1.77. The molecule has 8 heteroatoms. The summed E-state index contributed by atoms with van der Waals surface area (Å²) in [5, 5.41) is 8.98. The molecule has 120 valence electrons. The van der Waals surface area contributed by atoms with E-state index in [0.29, 0.717) is 5.82 Å². The van der Waals surface area contributed by atoms with Gasteiger partial charge in [0.25, 0.3) is 5.91 Å². The van der Waals surface area contributed by atoms with Crippen molar-refractivity contribution in [3.63, 3.8) is 0 Å². The number of ether oxygens (including phenoxy) is 2. The molecule has 2 N–H and O–H groups in total. The number of carbonyl (C=O) groups excluding carboxylic acids is 3. The van der Waals surface area contributed by atoms with Gasteiger partial charge in [0, 0.05) is 11.8 Å². The average Bonchev–Trinajstić information content (AvgIpc) is 2.96. The number of hydrogen-bond acceptors (Lipinski definition) is 6. The molecule has 8 nitrogen and oxygen atoms in total. The van der Waals surface area contributed by atoms with Gasteiger partial charge in [0.1, 0.15) is 0 Å². The van der Waals surface area contributed by atoms with E-state index >= 15 is 0 Å². The van der Waals surface area contributed by atoms with Crippen LogP contribution in [0.5, 0.6) is 0 Å². The lowest BCUT2D eigenvalue weighted by atomic mass is 10.1. The Morgan fingerprint density at radius 1 is 1.17 bits per heavy atom. The highest BCUT2D eigenvalue weighted by atomic mass is 16.5. The SMILES string of the molecule is COC(=O)c1cccc(C(=O)OCC(=O)Nc2cc(C)[nH]n2)c1. The van der Waals surface area contributed by atoms with Gasteiger partial charge >= 0.3 is 11.9 Å². The minimum atomic E-state index is -0.718. The molecular formula is C15H15N3O5. The lowest BCUT2D eigenvalue weighted by molar-refractivity contribution is -0.119. The number of aryl methyl sites for hydroxylation is 1. The second kappa shape index (κ2) is 7.21. The van der Waals surface area contributed by atoms with Crippen LogP contribution < -0.4 is 5.32 Å². The van der Waals surface area contributed by atoms with Crippen LogP contribution in [-0.2, 0) is 14.3 Å². The molecule has 1 aromatic carbocycles. The molecule has 23 heavy (non-hydrogen) atoms. The summed E-state index contributed by atoms with van der Waals surface area (Å²) in [6.45, 7) is 1.32. The second-order valence-electron chi connectivity index (χ2n) is 4.63. The molecule has 0 saturated carbocycles. The quantitative estimate of drug-likeness (QED) is 0.804. The molecule has 1 amide bonds. The van der Waals surface area contributed by atoms with E-state index in [4.69, 9.17) is 4.74 Å². The minimum absolute atomic E-state index is 0.149. The lowest BCUT2D eigenvalue weighted by Gasteiger charge is -2.06. The van der Waals surface area contributed by atoms with Crippen molar-refractivity contribution in [3.05, 3.63) is 47.2 Å². The number of carbonyl (C=O) groups is 3. The maximum Gasteiger partial charge on any atom is 0.338 e. The number of anilines is 1. The van der Waals surface area contributed by atoms with Gasteiger partial charge in [0.05, 0.1) is 18.2 Å². The van der Waals surface area contributed by atoms with Gasteiger partial charge in [-0.2, -0.15) is 5.10 Å². The van der Waals surface area contributed by atoms with Crippen molar-refractivity contribution in [1.82, 2.24) is 10.2 Å². The fraction of sp³-hybridized carbons (Fsp3) is 0.200. The third-order valence-electron chi connectivity index (χ3n) is 2.83. The molecule has 2 rings (SSSR count). The topological polar surface area (TPSA) is 110 Å². The lowest BCUT2D eigenvalue weighted by Crippen LogP contribution is -2.21. The van der Waals surface area contributed by atoms with Crippen molar-refractivity contribution >= 4 is 23.7 Å². The molecule has 0 radical (unpaired) electrons. The number of esters is 2. The van der Waals surface area contributed by atoms with Gasteiger partial charge in [-0.3, -0.25) is 9.89 Å². The normalized spacial score (nSPS) is 10.0. The minimum Gasteiger partial charge on any atom is -0.465 e. The predicted octanol–water partition coefficient (Wildman–Crippen LogP) is 1.30. The Hall–Kier alpha value is -3.16. The van der Waals surface area contributed by atoms with Crippen molar-refractivity contribution in [2.45, 2.75) is 6.92 Å². The van der Waals surface area contributed by atoms with E-state index in [1.807, 2.05) is 0 Å². The molecule has 0 spiro atoms. The van der Waals surface area contributed by atoms with Crippen molar-refractivity contribution in [3.8, 4) is 0 Å². The van der Waals surface area contributed by atoms with Crippen LogP contribution in [0.4, 0.5) is 5.82 Å². The molecule has 0 aliphatic rings. The molecule has 0 aliphatic carbocycles. The van der Waals surface area contributed by atoms with Gasteiger partial charge in [0.15, 0.2) is 12.4 Å². The van der Waals surface area contributed by atoms with E-state index in [1.165, 1.54) is 31.4 Å². The van der Waals surface area contributed by atoms with Crippen LogP contribution in [0.2, 0.25) is 0 Å². The number of benzene rings is 1. The van der Waals surface area contributed by atoms with Crippen molar-refractivity contribution in [2.24, 2.45) is 0 Å². The summed E-state index contributed by atoms with van der Waals surface area (Å²) in [6.07, 6.45) is 0. The number of hydrogen-bond donors (Lipinski definition) is 2. The zero-order valence-electron chi connectivity index (χ0n) is 12.6. The number of nitrogens with zero attached hydrogens (tertiary/aromatic N) is 1. The second-order valence-corrected chi connectivity index (χ2v) is 4.63. The Morgan fingerprint density at radius 3 is 2.48 bits per heavy atom. The maximum atomic E-state index is 11.9. The summed E-state index contributed by atoms with van der Waals surface area (Å²) in [5.74, 6) is -1.46. The Bertz CT molecular complexity index is 738. The summed E-state index contributed by atoms with van der Waals surface area (Å²) in [6, 6.07) is 7.48. The highest BCUT2D eigenvalue weighted by molar-refractivity contribution is 5.97. The Morgan fingerprint density at radius 2 is 1.87 bits per heavy atom. The summed E-state index contributed by atoms with van der Waals surface area (Å²) in [5.41, 5.74) is 1.16. The first-order valence-electron chi connectivity index (χ1n) is 6.67. The molecule has 0 bridgehead atoms. The summed E-state index contributed by atoms with van der Waals surface area (Å²) in [7, 11) is 1.24. The zero-order chi connectivity index (χ0) is 16.8. The largest absolute Gasteiger partial charge is 0.465 e.